The molecular weight excluding hydrogens is 1330 g/mol. The lowest BCUT2D eigenvalue weighted by atomic mass is 9.81. The van der Waals surface area contributed by atoms with Crippen LogP contribution in [0.4, 0.5) is 20.2 Å². The van der Waals surface area contributed by atoms with Crippen LogP contribution >= 0.6 is 0 Å². The number of allylic oxidation sites excluding steroid dienone is 7. The third-order valence-corrected chi connectivity index (χ3v) is 20.5. The quantitative estimate of drug-likeness (QED) is 0.0185. The van der Waals surface area contributed by atoms with E-state index in [1.807, 2.05) is 73.6 Å². The Morgan fingerprint density at radius 1 is 0.812 bits per heavy atom. The summed E-state index contributed by atoms with van der Waals surface area (Å²) < 4.78 is 174. The van der Waals surface area contributed by atoms with E-state index < -0.39 is 117 Å². The van der Waals surface area contributed by atoms with E-state index in [9.17, 15) is 85.1 Å². The number of alkyl halides is 2. The van der Waals surface area contributed by atoms with Crippen LogP contribution in [0.2, 0.25) is 0 Å². The lowest BCUT2D eigenvalue weighted by molar-refractivity contribution is -0.438. The Balaban J connectivity index is 0.991. The molecule has 1 aromatic heterocycles. The zero-order chi connectivity index (χ0) is 70.3. The number of benzene rings is 3. The Hall–Kier alpha value is -8.09. The van der Waals surface area contributed by atoms with E-state index in [4.69, 9.17) is 4.74 Å². The maximum Gasteiger partial charge on any atom is 0.294 e. The summed E-state index contributed by atoms with van der Waals surface area (Å²) in [6.07, 6.45) is 10.5. The molecule has 4 aromatic rings. The van der Waals surface area contributed by atoms with Crippen molar-refractivity contribution in [2.45, 2.75) is 150 Å². The van der Waals surface area contributed by atoms with Crippen molar-refractivity contribution in [3.8, 4) is 11.8 Å². The molecule has 25 nitrogen and oxygen atoms in total. The number of halogens is 2. The van der Waals surface area contributed by atoms with Gasteiger partial charge in [-0.1, -0.05) is 32.1 Å². The second-order valence-electron chi connectivity index (χ2n) is 25.0. The van der Waals surface area contributed by atoms with E-state index in [-0.39, 0.29) is 79.3 Å². The molecule has 6 N–H and O–H groups in total. The van der Waals surface area contributed by atoms with Crippen LogP contribution in [0, 0.1) is 11.3 Å². The lowest BCUT2D eigenvalue weighted by Crippen LogP contribution is -2.48. The Kier molecular flexibility index (Phi) is 22.8. The zero-order valence-electron chi connectivity index (χ0n) is 53.4. The van der Waals surface area contributed by atoms with Gasteiger partial charge in [-0.2, -0.15) is 35.1 Å². The Bertz CT molecular complexity index is 4390. The number of hydrogen-bond acceptors (Lipinski definition) is 17. The second-order valence-corrected chi connectivity index (χ2v) is 31.0. The third-order valence-electron chi connectivity index (χ3n) is 17.2. The normalized spacial score (nSPS) is 18.8. The molecule has 96 heavy (non-hydrogen) atoms. The molecule has 4 amide bonds. The number of carbonyl (C=O) groups is 4. The van der Waals surface area contributed by atoms with Crippen molar-refractivity contribution in [3.63, 3.8) is 0 Å². The van der Waals surface area contributed by atoms with Gasteiger partial charge in [0.05, 0.1) is 55.9 Å². The molecule has 4 heterocycles. The molecular formula is C65H76F2N8O17S4. The SMILES string of the molecule is C[C@@H](NC(=O)c1ccnc(CNC(=O)CCC(=O)NCCc2ccc(OC3=C(/C=C/C4=[N+](CCCCS(=O)(=O)O)c5ccc(S(=O)(=O)O)cc5C4(C)C)CCC/C3=C\C=C3\N(CCCCS(=O)(=O)[O-])c4ccc(S(=O)(=O)O)cc4C3(C)C)cc2)c1)C(=O)N1CC(F)(F)C[C@H]1C#N. The van der Waals surface area contributed by atoms with Crippen LogP contribution < -0.4 is 25.6 Å². The predicted octanol–water partition coefficient (Wildman–Crippen LogP) is 7.26. The second kappa shape index (κ2) is 29.7. The molecule has 3 aromatic carbocycles. The minimum atomic E-state index is -4.62. The summed E-state index contributed by atoms with van der Waals surface area (Å²) in [6, 6.07) is 17.5. The Labute approximate surface area is 557 Å². The summed E-state index contributed by atoms with van der Waals surface area (Å²) >= 11 is 0. The van der Waals surface area contributed by atoms with Gasteiger partial charge in [0.1, 0.15) is 30.1 Å². The van der Waals surface area contributed by atoms with Crippen molar-refractivity contribution in [1.82, 2.24) is 25.8 Å². The molecule has 1 saturated heterocycles. The first-order valence-electron chi connectivity index (χ1n) is 30.9. The van der Waals surface area contributed by atoms with Crippen molar-refractivity contribution >= 4 is 81.2 Å². The molecule has 8 rings (SSSR count). The zero-order valence-corrected chi connectivity index (χ0v) is 56.6. The van der Waals surface area contributed by atoms with Gasteiger partial charge in [-0.25, -0.2) is 17.2 Å². The number of likely N-dealkylation sites (tertiary alicyclic amines) is 1. The van der Waals surface area contributed by atoms with Crippen molar-refractivity contribution in [3.05, 3.63) is 154 Å². The van der Waals surface area contributed by atoms with Crippen LogP contribution in [-0.4, -0.2) is 151 Å². The number of fused-ring (bicyclic) bond motifs is 2. The monoisotopic (exact) mass is 1410 g/mol. The minimum absolute atomic E-state index is 0.0513. The predicted molar refractivity (Wildman–Crippen MR) is 348 cm³/mol. The van der Waals surface area contributed by atoms with Crippen LogP contribution in [0.3, 0.4) is 0 Å². The molecule has 1 aliphatic carbocycles. The van der Waals surface area contributed by atoms with E-state index in [0.717, 1.165) is 21.6 Å². The molecule has 0 spiro atoms. The van der Waals surface area contributed by atoms with Crippen molar-refractivity contribution in [2.75, 3.05) is 42.6 Å². The first-order chi connectivity index (χ1) is 44.8. The van der Waals surface area contributed by atoms with Gasteiger partial charge in [0, 0.05) is 90.8 Å². The highest BCUT2D eigenvalue weighted by molar-refractivity contribution is 7.86. The molecule has 516 valence electrons. The average Bonchev–Trinajstić information content (AvgIpc) is 1.59. The highest BCUT2D eigenvalue weighted by Gasteiger charge is 2.49. The first kappa shape index (κ1) is 73.7. The molecule has 4 aliphatic rings. The lowest BCUT2D eigenvalue weighted by Gasteiger charge is -2.27. The molecule has 0 saturated carbocycles. The Morgan fingerprint density at radius 3 is 2.12 bits per heavy atom. The van der Waals surface area contributed by atoms with E-state index in [0.29, 0.717) is 77.5 Å². The van der Waals surface area contributed by atoms with Gasteiger partial charge in [0.15, 0.2) is 5.71 Å². The number of unbranched alkanes of at least 4 members (excludes halogenated alkanes) is 2. The molecule has 0 radical (unpaired) electrons. The number of nitriles is 1. The summed E-state index contributed by atoms with van der Waals surface area (Å²) in [6.45, 7) is 8.48. The number of aromatic nitrogens is 1. The summed E-state index contributed by atoms with van der Waals surface area (Å²) in [4.78, 5) is 57.9. The number of nitrogens with zero attached hydrogens (tertiary/aromatic N) is 5. The van der Waals surface area contributed by atoms with E-state index in [1.165, 1.54) is 49.5 Å². The van der Waals surface area contributed by atoms with Crippen LogP contribution in [0.25, 0.3) is 0 Å². The molecule has 3 aliphatic heterocycles. The molecule has 1 fully saturated rings. The number of pyridine rings is 1. The number of amides is 4. The van der Waals surface area contributed by atoms with Crippen molar-refractivity contribution in [1.29, 1.82) is 5.26 Å². The third kappa shape index (κ3) is 18.7. The van der Waals surface area contributed by atoms with Crippen molar-refractivity contribution in [2.24, 2.45) is 0 Å². The van der Waals surface area contributed by atoms with Crippen molar-refractivity contribution < 1.29 is 89.2 Å². The molecule has 2 atom stereocenters. The molecule has 0 unspecified atom stereocenters. The first-order valence-corrected chi connectivity index (χ1v) is 36.9. The number of carbonyl (C=O) groups excluding carboxylic acids is 4. The average molecular weight is 1410 g/mol. The number of nitrogens with one attached hydrogen (secondary N) is 3. The fourth-order valence-corrected chi connectivity index (χ4v) is 14.3. The number of anilines is 1. The van der Waals surface area contributed by atoms with Crippen LogP contribution in [0.1, 0.15) is 132 Å². The highest BCUT2D eigenvalue weighted by Crippen LogP contribution is 2.49. The van der Waals surface area contributed by atoms with Gasteiger partial charge in [0.25, 0.3) is 42.2 Å². The van der Waals surface area contributed by atoms with E-state index in [1.54, 1.807) is 30.3 Å². The molecule has 0 bridgehead atoms. The topological polar surface area (TPSA) is 380 Å². The summed E-state index contributed by atoms with van der Waals surface area (Å²) in [5.41, 5.74) is 4.57. The van der Waals surface area contributed by atoms with Crippen LogP contribution in [0.15, 0.2) is 136 Å². The standard InChI is InChI=1S/C65H76F2N8O17S4/c1-42(62(79)75-41-65(66,67)38-48(75)39-68)72-61(78)46-28-30-69-47(35-46)40-71-59(77)26-25-58(76)70-29-27-43-13-17-49(18-14-43)92-60-44(15-23-56-63(2,3)52-36-50(95(86,87)88)19-21-54(52)73(56)31-6-8-33-93(80,81)82)11-10-12-45(60)16-24-57-64(4,5)53-37-51(96(89,90)91)20-22-55(53)74(57)32-7-9-34-94(83,84)85/h13-24,28,30,35-37,42,48H,6-12,25-27,29,31-34,38,40-41H2,1-5H3,(H6-,70,71,72,76,77,78,80,81,82,83,84,85,86,87,88,89,90,91)/t42-,48+/m1/s1. The van der Waals surface area contributed by atoms with Gasteiger partial charge in [-0.3, -0.25) is 37.8 Å². The van der Waals surface area contributed by atoms with Crippen LogP contribution in [-0.2, 0) is 78.7 Å². The summed E-state index contributed by atoms with van der Waals surface area (Å²) in [5.74, 6) is -5.85. The maximum absolute atomic E-state index is 14.0. The van der Waals surface area contributed by atoms with E-state index >= 15 is 0 Å². The number of hydrogen-bond donors (Lipinski definition) is 6. The van der Waals surface area contributed by atoms with Crippen LogP contribution in [0.5, 0.6) is 5.75 Å². The number of rotatable bonds is 28. The van der Waals surface area contributed by atoms with Gasteiger partial charge in [0.2, 0.25) is 23.4 Å². The highest BCUT2D eigenvalue weighted by atomic mass is 32.2. The molecule has 31 heteroatoms. The van der Waals surface area contributed by atoms with Gasteiger partial charge < -0.3 is 35.0 Å². The van der Waals surface area contributed by atoms with Gasteiger partial charge >= 0.3 is 0 Å². The summed E-state index contributed by atoms with van der Waals surface area (Å²) in [5, 5.41) is 17.2. The fourth-order valence-electron chi connectivity index (χ4n) is 12.2. The largest absolute Gasteiger partial charge is 0.748 e. The summed E-state index contributed by atoms with van der Waals surface area (Å²) in [7, 11) is -18.0. The maximum atomic E-state index is 14.0. The number of ether oxygens (including phenoxy) is 1. The van der Waals surface area contributed by atoms with Gasteiger partial charge in [-0.05, 0) is 155 Å². The fraction of sp³-hybridized carbons (Fsp3) is 0.431. The Morgan fingerprint density at radius 2 is 1.47 bits per heavy atom. The minimum Gasteiger partial charge on any atom is -0.748 e. The van der Waals surface area contributed by atoms with Gasteiger partial charge in [-0.15, -0.1) is 0 Å². The van der Waals surface area contributed by atoms with E-state index in [2.05, 4.69) is 20.9 Å². The smallest absolute Gasteiger partial charge is 0.294 e.